The van der Waals surface area contributed by atoms with E-state index in [-0.39, 0.29) is 17.2 Å². The van der Waals surface area contributed by atoms with Crippen molar-refractivity contribution >= 4 is 17.5 Å². The van der Waals surface area contributed by atoms with Crippen LogP contribution in [-0.2, 0) is 16.1 Å². The van der Waals surface area contributed by atoms with Gasteiger partial charge in [-0.1, -0.05) is 26.0 Å². The number of nitrogens with zero attached hydrogens (tertiary/aromatic N) is 1. The highest BCUT2D eigenvalue weighted by atomic mass is 16.2. The number of amides is 2. The number of hydrogen-bond donors (Lipinski definition) is 1. The van der Waals surface area contributed by atoms with E-state index in [1.54, 1.807) is 0 Å². The van der Waals surface area contributed by atoms with Crippen LogP contribution in [0.15, 0.2) is 24.3 Å². The third kappa shape index (κ3) is 3.01. The first-order chi connectivity index (χ1) is 8.93. The average molecular weight is 260 g/mol. The van der Waals surface area contributed by atoms with Gasteiger partial charge in [0, 0.05) is 19.4 Å². The van der Waals surface area contributed by atoms with Crippen LogP contribution in [0, 0.1) is 5.41 Å². The summed E-state index contributed by atoms with van der Waals surface area (Å²) < 4.78 is 0. The van der Waals surface area contributed by atoms with Crippen LogP contribution in [0.2, 0.25) is 0 Å². The van der Waals surface area contributed by atoms with E-state index in [0.717, 1.165) is 12.1 Å². The average Bonchev–Trinajstić information content (AvgIpc) is 2.29. The van der Waals surface area contributed by atoms with Crippen LogP contribution in [0.25, 0.3) is 0 Å². The molecule has 0 atom stereocenters. The van der Waals surface area contributed by atoms with E-state index in [2.05, 4.69) is 5.32 Å². The summed E-state index contributed by atoms with van der Waals surface area (Å²) in [6, 6.07) is 7.54. The molecule has 0 saturated carbocycles. The van der Waals surface area contributed by atoms with Gasteiger partial charge in [0.25, 0.3) is 0 Å². The third-order valence-corrected chi connectivity index (χ3v) is 3.33. The van der Waals surface area contributed by atoms with E-state index >= 15 is 0 Å². The van der Waals surface area contributed by atoms with E-state index in [9.17, 15) is 9.59 Å². The molecule has 1 heterocycles. The lowest BCUT2D eigenvalue weighted by molar-refractivity contribution is -0.132. The van der Waals surface area contributed by atoms with Gasteiger partial charge in [-0.2, -0.15) is 0 Å². The van der Waals surface area contributed by atoms with Gasteiger partial charge < -0.3 is 5.32 Å². The Bertz CT molecular complexity index is 471. The summed E-state index contributed by atoms with van der Waals surface area (Å²) in [7, 11) is 1.88. The van der Waals surface area contributed by atoms with E-state index in [4.69, 9.17) is 0 Å². The van der Waals surface area contributed by atoms with Crippen LogP contribution < -0.4 is 10.2 Å². The molecule has 0 bridgehead atoms. The lowest BCUT2D eigenvalue weighted by Crippen LogP contribution is -2.46. The fourth-order valence-electron chi connectivity index (χ4n) is 2.43. The number of carbonyl (C=O) groups is 2. The van der Waals surface area contributed by atoms with Crippen molar-refractivity contribution < 1.29 is 9.59 Å². The second-order valence-electron chi connectivity index (χ2n) is 5.84. The lowest BCUT2D eigenvalue weighted by atomic mass is 9.81. The summed E-state index contributed by atoms with van der Waals surface area (Å²) in [5.41, 5.74) is 1.57. The number of nitrogens with one attached hydrogen (secondary N) is 1. The minimum absolute atomic E-state index is 0.109. The minimum atomic E-state index is -0.225. The quantitative estimate of drug-likeness (QED) is 0.847. The molecule has 1 N–H and O–H groups in total. The van der Waals surface area contributed by atoms with Crippen molar-refractivity contribution in [3.05, 3.63) is 29.8 Å². The highest BCUT2D eigenvalue weighted by Crippen LogP contribution is 2.33. The van der Waals surface area contributed by atoms with Crippen molar-refractivity contribution in [3.8, 4) is 0 Å². The monoisotopic (exact) mass is 260 g/mol. The van der Waals surface area contributed by atoms with Crippen molar-refractivity contribution in [3.63, 3.8) is 0 Å². The molecule has 1 aromatic carbocycles. The zero-order valence-corrected chi connectivity index (χ0v) is 11.7. The van der Waals surface area contributed by atoms with Crippen molar-refractivity contribution in [2.45, 2.75) is 33.2 Å². The summed E-state index contributed by atoms with van der Waals surface area (Å²) >= 11 is 0. The number of hydrogen-bond acceptors (Lipinski definition) is 3. The Morgan fingerprint density at radius 3 is 2.11 bits per heavy atom. The van der Waals surface area contributed by atoms with Gasteiger partial charge in [0.2, 0.25) is 11.8 Å². The van der Waals surface area contributed by atoms with Gasteiger partial charge in [0.05, 0.1) is 5.69 Å². The zero-order valence-electron chi connectivity index (χ0n) is 11.7. The Hall–Kier alpha value is -1.68. The van der Waals surface area contributed by atoms with Gasteiger partial charge in [-0.05, 0) is 30.2 Å². The predicted octanol–water partition coefficient (Wildman–Crippen LogP) is 2.09. The van der Waals surface area contributed by atoms with Crippen LogP contribution in [0.1, 0.15) is 32.3 Å². The Morgan fingerprint density at radius 1 is 1.11 bits per heavy atom. The molecular formula is C15H20N2O2. The molecule has 19 heavy (non-hydrogen) atoms. The molecule has 1 aliphatic rings. The molecule has 0 spiro atoms. The maximum absolute atomic E-state index is 12.1. The SMILES string of the molecule is CNCc1ccc(N2C(=O)CC(C)(C)CC2=O)cc1. The predicted molar refractivity (Wildman–Crippen MR) is 74.7 cm³/mol. The Labute approximate surface area is 113 Å². The van der Waals surface area contributed by atoms with E-state index in [1.165, 1.54) is 4.90 Å². The molecule has 1 saturated heterocycles. The van der Waals surface area contributed by atoms with Crippen molar-refractivity contribution in [1.82, 2.24) is 5.32 Å². The van der Waals surface area contributed by atoms with Crippen LogP contribution in [0.5, 0.6) is 0 Å². The highest BCUT2D eigenvalue weighted by Gasteiger charge is 2.38. The van der Waals surface area contributed by atoms with Gasteiger partial charge >= 0.3 is 0 Å². The van der Waals surface area contributed by atoms with E-state index in [1.807, 2.05) is 45.2 Å². The first-order valence-corrected chi connectivity index (χ1v) is 6.52. The molecule has 0 aromatic heterocycles. The normalized spacial score (nSPS) is 18.8. The standard InChI is InChI=1S/C15H20N2O2/c1-15(2)8-13(18)17(14(19)9-15)12-6-4-11(5-7-12)10-16-3/h4-7,16H,8-10H2,1-3H3. The van der Waals surface area contributed by atoms with Gasteiger partial charge in [-0.3, -0.25) is 14.5 Å². The molecule has 1 aromatic rings. The molecule has 1 aliphatic heterocycles. The Balaban J connectivity index is 2.21. The molecule has 0 aliphatic carbocycles. The Kier molecular flexibility index (Phi) is 3.71. The maximum Gasteiger partial charge on any atom is 0.234 e. The number of piperidine rings is 1. The van der Waals surface area contributed by atoms with Crippen LogP contribution in [0.4, 0.5) is 5.69 Å². The number of anilines is 1. The van der Waals surface area contributed by atoms with E-state index in [0.29, 0.717) is 18.5 Å². The number of benzene rings is 1. The summed E-state index contributed by atoms with van der Waals surface area (Å²) in [6.07, 6.45) is 0.827. The summed E-state index contributed by atoms with van der Waals surface area (Å²) in [6.45, 7) is 4.68. The second kappa shape index (κ2) is 5.13. The molecule has 2 amide bonds. The molecular weight excluding hydrogens is 240 g/mol. The fraction of sp³-hybridized carbons (Fsp3) is 0.467. The second-order valence-corrected chi connectivity index (χ2v) is 5.84. The first kappa shape index (κ1) is 13.7. The third-order valence-electron chi connectivity index (χ3n) is 3.33. The van der Waals surface area contributed by atoms with Gasteiger partial charge in [0.1, 0.15) is 0 Å². The van der Waals surface area contributed by atoms with Crippen molar-refractivity contribution in [1.29, 1.82) is 0 Å². The number of rotatable bonds is 3. The van der Waals surface area contributed by atoms with Crippen LogP contribution in [-0.4, -0.2) is 18.9 Å². The smallest absolute Gasteiger partial charge is 0.234 e. The van der Waals surface area contributed by atoms with Crippen molar-refractivity contribution in [2.24, 2.45) is 5.41 Å². The van der Waals surface area contributed by atoms with Crippen LogP contribution in [0.3, 0.4) is 0 Å². The molecule has 4 nitrogen and oxygen atoms in total. The highest BCUT2D eigenvalue weighted by molar-refractivity contribution is 6.16. The summed E-state index contributed by atoms with van der Waals surface area (Å²) in [5.74, 6) is -0.217. The van der Waals surface area contributed by atoms with Gasteiger partial charge in [-0.15, -0.1) is 0 Å². The molecule has 2 rings (SSSR count). The van der Waals surface area contributed by atoms with Crippen LogP contribution >= 0.6 is 0 Å². The molecule has 0 unspecified atom stereocenters. The Morgan fingerprint density at radius 2 is 1.63 bits per heavy atom. The minimum Gasteiger partial charge on any atom is -0.316 e. The van der Waals surface area contributed by atoms with E-state index < -0.39 is 0 Å². The molecule has 1 fully saturated rings. The van der Waals surface area contributed by atoms with Gasteiger partial charge in [-0.25, -0.2) is 0 Å². The largest absolute Gasteiger partial charge is 0.316 e. The summed E-state index contributed by atoms with van der Waals surface area (Å²) in [5, 5.41) is 3.06. The zero-order chi connectivity index (χ0) is 14.0. The maximum atomic E-state index is 12.1. The number of imide groups is 1. The van der Waals surface area contributed by atoms with Crippen molar-refractivity contribution in [2.75, 3.05) is 11.9 Å². The summed E-state index contributed by atoms with van der Waals surface area (Å²) in [4.78, 5) is 25.6. The number of carbonyl (C=O) groups excluding carboxylic acids is 2. The van der Waals surface area contributed by atoms with Gasteiger partial charge in [0.15, 0.2) is 0 Å². The molecule has 0 radical (unpaired) electrons. The topological polar surface area (TPSA) is 49.4 Å². The molecule has 102 valence electrons. The lowest BCUT2D eigenvalue weighted by Gasteiger charge is -2.34. The molecule has 4 heteroatoms. The first-order valence-electron chi connectivity index (χ1n) is 6.52. The fourth-order valence-corrected chi connectivity index (χ4v) is 2.43.